The van der Waals surface area contributed by atoms with E-state index in [1.54, 1.807) is 0 Å². The van der Waals surface area contributed by atoms with Crippen LogP contribution in [0.5, 0.6) is 0 Å². The fourth-order valence-corrected chi connectivity index (χ4v) is 2.53. The van der Waals surface area contributed by atoms with Gasteiger partial charge in [-0.3, -0.25) is 0 Å². The Morgan fingerprint density at radius 3 is 2.83 bits per heavy atom. The number of anilines is 1. The minimum atomic E-state index is -0.556. The summed E-state index contributed by atoms with van der Waals surface area (Å²) in [5, 5.41) is 15.7. The van der Waals surface area contributed by atoms with Crippen LogP contribution in [0.4, 0.5) is 5.82 Å². The van der Waals surface area contributed by atoms with Crippen LogP contribution in [0.25, 0.3) is 10.8 Å². The highest BCUT2D eigenvalue weighted by molar-refractivity contribution is 6.34. The van der Waals surface area contributed by atoms with Crippen LogP contribution >= 0.6 is 11.6 Å². The summed E-state index contributed by atoms with van der Waals surface area (Å²) in [6.45, 7) is 0.536. The first-order valence-corrected chi connectivity index (χ1v) is 6.56. The van der Waals surface area contributed by atoms with Crippen molar-refractivity contribution in [3.63, 3.8) is 0 Å². The molecule has 1 heterocycles. The van der Waals surface area contributed by atoms with Gasteiger partial charge in [0.05, 0.1) is 5.60 Å². The fraction of sp³-hybridized carbons (Fsp3) is 0.357. The van der Waals surface area contributed by atoms with Gasteiger partial charge in [0.2, 0.25) is 0 Å². The van der Waals surface area contributed by atoms with Crippen LogP contribution < -0.4 is 5.32 Å². The van der Waals surface area contributed by atoms with Gasteiger partial charge in [-0.05, 0) is 30.7 Å². The van der Waals surface area contributed by atoms with Crippen LogP contribution in [0.15, 0.2) is 30.3 Å². The Labute approximate surface area is 111 Å². The van der Waals surface area contributed by atoms with Crippen LogP contribution in [0, 0.1) is 0 Å². The number of rotatable bonds is 3. The lowest BCUT2D eigenvalue weighted by molar-refractivity contribution is -0.0202. The lowest BCUT2D eigenvalue weighted by Crippen LogP contribution is -2.43. The lowest BCUT2D eigenvalue weighted by atomic mass is 9.80. The third-order valence-electron chi connectivity index (χ3n) is 3.58. The van der Waals surface area contributed by atoms with Crippen molar-refractivity contribution in [3.05, 3.63) is 35.5 Å². The van der Waals surface area contributed by atoms with Crippen molar-refractivity contribution >= 4 is 28.2 Å². The molecule has 0 amide bonds. The zero-order valence-electron chi connectivity index (χ0n) is 9.99. The minimum Gasteiger partial charge on any atom is -0.388 e. The number of benzene rings is 1. The summed E-state index contributed by atoms with van der Waals surface area (Å²) in [6, 6.07) is 9.84. The van der Waals surface area contributed by atoms with E-state index >= 15 is 0 Å². The van der Waals surface area contributed by atoms with E-state index in [1.165, 1.54) is 0 Å². The molecule has 1 aromatic carbocycles. The van der Waals surface area contributed by atoms with E-state index in [2.05, 4.69) is 10.3 Å². The van der Waals surface area contributed by atoms with E-state index in [0.29, 0.717) is 11.7 Å². The maximum Gasteiger partial charge on any atom is 0.139 e. The Kier molecular flexibility index (Phi) is 2.88. The van der Waals surface area contributed by atoms with Crippen LogP contribution in [0.3, 0.4) is 0 Å². The Bertz CT molecular complexity index is 581. The van der Waals surface area contributed by atoms with Crippen molar-refractivity contribution in [2.45, 2.75) is 24.9 Å². The molecule has 1 aliphatic rings. The summed E-state index contributed by atoms with van der Waals surface area (Å²) < 4.78 is 0. The van der Waals surface area contributed by atoms with E-state index < -0.39 is 5.60 Å². The molecule has 0 bridgehead atoms. The van der Waals surface area contributed by atoms with Crippen molar-refractivity contribution in [2.75, 3.05) is 11.9 Å². The predicted octanol–water partition coefficient (Wildman–Crippen LogP) is 3.22. The molecule has 3 rings (SSSR count). The van der Waals surface area contributed by atoms with Crippen molar-refractivity contribution in [1.82, 2.24) is 4.98 Å². The molecule has 18 heavy (non-hydrogen) atoms. The first kappa shape index (κ1) is 11.8. The average Bonchev–Trinajstić information content (AvgIpc) is 2.34. The summed E-state index contributed by atoms with van der Waals surface area (Å²) in [7, 11) is 0. The van der Waals surface area contributed by atoms with Crippen LogP contribution in [-0.2, 0) is 0 Å². The van der Waals surface area contributed by atoms with E-state index in [4.69, 9.17) is 11.6 Å². The summed E-state index contributed by atoms with van der Waals surface area (Å²) >= 11 is 6.15. The van der Waals surface area contributed by atoms with Crippen LogP contribution in [0.2, 0.25) is 5.15 Å². The molecule has 2 aromatic rings. The van der Waals surface area contributed by atoms with E-state index in [-0.39, 0.29) is 0 Å². The number of fused-ring (bicyclic) bond motifs is 1. The molecule has 3 nitrogen and oxygen atoms in total. The molecule has 0 unspecified atom stereocenters. The molecule has 0 radical (unpaired) electrons. The van der Waals surface area contributed by atoms with Crippen molar-refractivity contribution in [1.29, 1.82) is 0 Å². The van der Waals surface area contributed by atoms with Gasteiger partial charge >= 0.3 is 0 Å². The number of hydrogen-bond donors (Lipinski definition) is 2. The molecular formula is C14H15ClN2O. The first-order valence-electron chi connectivity index (χ1n) is 6.18. The van der Waals surface area contributed by atoms with Crippen LogP contribution in [0.1, 0.15) is 19.3 Å². The third kappa shape index (κ3) is 2.16. The number of halogens is 1. The Morgan fingerprint density at radius 2 is 2.11 bits per heavy atom. The molecule has 1 saturated carbocycles. The first-order chi connectivity index (χ1) is 8.66. The SMILES string of the molecule is OC1(CNc2cc3ccccc3c(Cl)n2)CCC1. The second kappa shape index (κ2) is 4.41. The smallest absolute Gasteiger partial charge is 0.139 e. The van der Waals surface area contributed by atoms with Crippen LogP contribution in [-0.4, -0.2) is 22.2 Å². The van der Waals surface area contributed by atoms with Gasteiger partial charge < -0.3 is 10.4 Å². The summed E-state index contributed by atoms with van der Waals surface area (Å²) in [5.74, 6) is 0.721. The highest BCUT2D eigenvalue weighted by Gasteiger charge is 2.34. The molecule has 1 aliphatic carbocycles. The largest absolute Gasteiger partial charge is 0.388 e. The van der Waals surface area contributed by atoms with Crippen molar-refractivity contribution in [3.8, 4) is 0 Å². The molecule has 1 fully saturated rings. The quantitative estimate of drug-likeness (QED) is 0.835. The van der Waals surface area contributed by atoms with E-state index in [0.717, 1.165) is 35.9 Å². The zero-order valence-corrected chi connectivity index (χ0v) is 10.7. The molecule has 0 saturated heterocycles. The van der Waals surface area contributed by atoms with E-state index in [1.807, 2.05) is 30.3 Å². The van der Waals surface area contributed by atoms with Gasteiger partial charge in [0, 0.05) is 11.9 Å². The standard InChI is InChI=1S/C14H15ClN2O/c15-13-11-5-2-1-4-10(11)8-12(17-13)16-9-14(18)6-3-7-14/h1-2,4-5,8,18H,3,6-7,9H2,(H,16,17). The Hall–Kier alpha value is -1.32. The second-order valence-electron chi connectivity index (χ2n) is 4.95. The highest BCUT2D eigenvalue weighted by atomic mass is 35.5. The Morgan fingerprint density at radius 1 is 1.33 bits per heavy atom. The van der Waals surface area contributed by atoms with Gasteiger partial charge in [0.15, 0.2) is 0 Å². The fourth-order valence-electron chi connectivity index (χ4n) is 2.26. The number of nitrogens with one attached hydrogen (secondary N) is 1. The minimum absolute atomic E-state index is 0.496. The van der Waals surface area contributed by atoms with Crippen molar-refractivity contribution in [2.24, 2.45) is 0 Å². The normalized spacial score (nSPS) is 17.4. The topological polar surface area (TPSA) is 45.1 Å². The monoisotopic (exact) mass is 262 g/mol. The van der Waals surface area contributed by atoms with Gasteiger partial charge in [0.25, 0.3) is 0 Å². The number of aromatic nitrogens is 1. The predicted molar refractivity (Wildman–Crippen MR) is 74.0 cm³/mol. The molecule has 0 atom stereocenters. The second-order valence-corrected chi connectivity index (χ2v) is 5.31. The van der Waals surface area contributed by atoms with Gasteiger partial charge in [0.1, 0.15) is 11.0 Å². The lowest BCUT2D eigenvalue weighted by Gasteiger charge is -2.36. The maximum absolute atomic E-state index is 10.0. The third-order valence-corrected chi connectivity index (χ3v) is 3.86. The Balaban J connectivity index is 1.84. The van der Waals surface area contributed by atoms with Gasteiger partial charge in [-0.1, -0.05) is 35.9 Å². The number of pyridine rings is 1. The molecule has 4 heteroatoms. The summed E-state index contributed by atoms with van der Waals surface area (Å²) in [6.07, 6.45) is 2.83. The number of hydrogen-bond acceptors (Lipinski definition) is 3. The molecule has 0 aliphatic heterocycles. The number of nitrogens with zero attached hydrogens (tertiary/aromatic N) is 1. The molecule has 94 valence electrons. The highest BCUT2D eigenvalue weighted by Crippen LogP contribution is 2.32. The van der Waals surface area contributed by atoms with Crippen molar-refractivity contribution < 1.29 is 5.11 Å². The molecule has 1 aromatic heterocycles. The molecule has 0 spiro atoms. The number of aliphatic hydroxyl groups is 1. The van der Waals surface area contributed by atoms with Gasteiger partial charge in [-0.25, -0.2) is 4.98 Å². The zero-order chi connectivity index (χ0) is 12.6. The summed E-state index contributed by atoms with van der Waals surface area (Å²) in [4.78, 5) is 4.31. The van der Waals surface area contributed by atoms with Gasteiger partial charge in [-0.2, -0.15) is 0 Å². The summed E-state index contributed by atoms with van der Waals surface area (Å²) in [5.41, 5.74) is -0.556. The van der Waals surface area contributed by atoms with Gasteiger partial charge in [-0.15, -0.1) is 0 Å². The maximum atomic E-state index is 10.0. The average molecular weight is 263 g/mol. The molecule has 2 N–H and O–H groups in total. The molecular weight excluding hydrogens is 248 g/mol. The van der Waals surface area contributed by atoms with E-state index in [9.17, 15) is 5.11 Å².